The molecule has 3 aromatic rings. The van der Waals surface area contributed by atoms with Gasteiger partial charge in [-0.2, -0.15) is 0 Å². The van der Waals surface area contributed by atoms with Gasteiger partial charge in [0, 0.05) is 35.8 Å². The van der Waals surface area contributed by atoms with Crippen LogP contribution in [0.2, 0.25) is 0 Å². The molecule has 0 bridgehead atoms. The lowest BCUT2D eigenvalue weighted by Gasteiger charge is -2.13. The Labute approximate surface area is 164 Å². The van der Waals surface area contributed by atoms with E-state index in [0.717, 1.165) is 27.9 Å². The van der Waals surface area contributed by atoms with Crippen LogP contribution in [0.3, 0.4) is 0 Å². The van der Waals surface area contributed by atoms with E-state index in [2.05, 4.69) is 15.6 Å². The molecule has 0 unspecified atom stereocenters. The van der Waals surface area contributed by atoms with Crippen molar-refractivity contribution in [1.29, 1.82) is 0 Å². The molecule has 0 radical (unpaired) electrons. The predicted octanol–water partition coefficient (Wildman–Crippen LogP) is 4.19. The lowest BCUT2D eigenvalue weighted by atomic mass is 10.0. The SMILES string of the molecule is Cc1cc(C)c(NC(=O)c2ccc(C(=O)NCc3cccnc3)cc2)c(C)c1. The van der Waals surface area contributed by atoms with Gasteiger partial charge in [0.1, 0.15) is 0 Å². The highest BCUT2D eigenvalue weighted by atomic mass is 16.2. The molecule has 0 aliphatic rings. The fourth-order valence-corrected chi connectivity index (χ4v) is 3.12. The Morgan fingerprint density at radius 1 is 0.893 bits per heavy atom. The zero-order valence-electron chi connectivity index (χ0n) is 16.2. The number of nitrogens with one attached hydrogen (secondary N) is 2. The number of hydrogen-bond donors (Lipinski definition) is 2. The van der Waals surface area contributed by atoms with Crippen LogP contribution in [0.25, 0.3) is 0 Å². The first kappa shape index (κ1) is 19.3. The fraction of sp³-hybridized carbons (Fsp3) is 0.174. The monoisotopic (exact) mass is 373 g/mol. The molecule has 5 heteroatoms. The molecule has 0 fully saturated rings. The van der Waals surface area contributed by atoms with E-state index in [1.165, 1.54) is 0 Å². The topological polar surface area (TPSA) is 71.1 Å². The Morgan fingerprint density at radius 2 is 1.50 bits per heavy atom. The summed E-state index contributed by atoms with van der Waals surface area (Å²) >= 11 is 0. The molecule has 1 aromatic heterocycles. The van der Waals surface area contributed by atoms with Crippen LogP contribution in [0.15, 0.2) is 60.9 Å². The zero-order chi connectivity index (χ0) is 20.1. The number of pyridine rings is 1. The Kier molecular flexibility index (Phi) is 5.84. The van der Waals surface area contributed by atoms with Gasteiger partial charge in [-0.1, -0.05) is 23.8 Å². The fourth-order valence-electron chi connectivity index (χ4n) is 3.12. The molecule has 2 aromatic carbocycles. The summed E-state index contributed by atoms with van der Waals surface area (Å²) in [6, 6.07) is 14.4. The Bertz CT molecular complexity index is 973. The van der Waals surface area contributed by atoms with Crippen LogP contribution in [0, 0.1) is 20.8 Å². The van der Waals surface area contributed by atoms with Crippen LogP contribution in [-0.4, -0.2) is 16.8 Å². The third-order valence-electron chi connectivity index (χ3n) is 4.50. The van der Waals surface area contributed by atoms with Crippen molar-refractivity contribution in [2.45, 2.75) is 27.3 Å². The van der Waals surface area contributed by atoms with Crippen LogP contribution in [0.4, 0.5) is 5.69 Å². The second kappa shape index (κ2) is 8.48. The van der Waals surface area contributed by atoms with Crippen molar-refractivity contribution in [3.8, 4) is 0 Å². The van der Waals surface area contributed by atoms with Crippen molar-refractivity contribution in [2.24, 2.45) is 0 Å². The molecule has 0 atom stereocenters. The first-order chi connectivity index (χ1) is 13.4. The average Bonchev–Trinajstić information content (AvgIpc) is 2.69. The van der Waals surface area contributed by atoms with Gasteiger partial charge in [-0.15, -0.1) is 0 Å². The number of anilines is 1. The summed E-state index contributed by atoms with van der Waals surface area (Å²) in [7, 11) is 0. The van der Waals surface area contributed by atoms with Gasteiger partial charge < -0.3 is 10.6 Å². The number of aryl methyl sites for hydroxylation is 3. The maximum absolute atomic E-state index is 12.6. The van der Waals surface area contributed by atoms with Gasteiger partial charge in [0.25, 0.3) is 11.8 Å². The summed E-state index contributed by atoms with van der Waals surface area (Å²) in [5.74, 6) is -0.390. The lowest BCUT2D eigenvalue weighted by Crippen LogP contribution is -2.23. The first-order valence-corrected chi connectivity index (χ1v) is 9.10. The number of carbonyl (C=O) groups excluding carboxylic acids is 2. The van der Waals surface area contributed by atoms with Crippen molar-refractivity contribution < 1.29 is 9.59 Å². The normalized spacial score (nSPS) is 10.4. The second-order valence-corrected chi connectivity index (χ2v) is 6.85. The van der Waals surface area contributed by atoms with Gasteiger partial charge in [0.15, 0.2) is 0 Å². The zero-order valence-corrected chi connectivity index (χ0v) is 16.2. The summed E-state index contributed by atoms with van der Waals surface area (Å²) in [5, 5.41) is 5.82. The van der Waals surface area contributed by atoms with Gasteiger partial charge in [-0.3, -0.25) is 14.6 Å². The number of benzene rings is 2. The number of carbonyl (C=O) groups is 2. The van der Waals surface area contributed by atoms with Crippen LogP contribution < -0.4 is 10.6 Å². The van der Waals surface area contributed by atoms with Crippen molar-refractivity contribution in [3.63, 3.8) is 0 Å². The molecule has 28 heavy (non-hydrogen) atoms. The van der Waals surface area contributed by atoms with Crippen LogP contribution in [0.1, 0.15) is 43.0 Å². The molecule has 2 N–H and O–H groups in total. The average molecular weight is 373 g/mol. The van der Waals surface area contributed by atoms with Gasteiger partial charge in [-0.05, 0) is 67.8 Å². The second-order valence-electron chi connectivity index (χ2n) is 6.85. The first-order valence-electron chi connectivity index (χ1n) is 9.10. The van der Waals surface area contributed by atoms with Crippen molar-refractivity contribution in [3.05, 3.63) is 94.3 Å². The quantitative estimate of drug-likeness (QED) is 0.704. The predicted molar refractivity (Wildman–Crippen MR) is 110 cm³/mol. The maximum atomic E-state index is 12.6. The highest BCUT2D eigenvalue weighted by Crippen LogP contribution is 2.22. The number of aromatic nitrogens is 1. The number of amides is 2. The lowest BCUT2D eigenvalue weighted by molar-refractivity contribution is 0.0949. The molecule has 5 nitrogen and oxygen atoms in total. The van der Waals surface area contributed by atoms with E-state index in [1.807, 2.05) is 45.0 Å². The summed E-state index contributed by atoms with van der Waals surface area (Å²) < 4.78 is 0. The molecule has 142 valence electrons. The maximum Gasteiger partial charge on any atom is 0.255 e. The van der Waals surface area contributed by atoms with E-state index in [9.17, 15) is 9.59 Å². The highest BCUT2D eigenvalue weighted by Gasteiger charge is 2.12. The van der Waals surface area contributed by atoms with E-state index < -0.39 is 0 Å². The third-order valence-corrected chi connectivity index (χ3v) is 4.50. The van der Waals surface area contributed by atoms with Crippen molar-refractivity contribution >= 4 is 17.5 Å². The molecule has 2 amide bonds. The highest BCUT2D eigenvalue weighted by molar-refractivity contribution is 6.05. The van der Waals surface area contributed by atoms with Crippen molar-refractivity contribution in [1.82, 2.24) is 10.3 Å². The number of rotatable bonds is 5. The van der Waals surface area contributed by atoms with Crippen LogP contribution in [0.5, 0.6) is 0 Å². The summed E-state index contributed by atoms with van der Waals surface area (Å²) in [6.07, 6.45) is 3.40. The van der Waals surface area contributed by atoms with E-state index in [-0.39, 0.29) is 11.8 Å². The minimum atomic E-state index is -0.197. The molecule has 0 saturated carbocycles. The minimum absolute atomic E-state index is 0.193. The Balaban J connectivity index is 1.65. The third kappa shape index (κ3) is 4.62. The smallest absolute Gasteiger partial charge is 0.255 e. The molecule has 3 rings (SSSR count). The summed E-state index contributed by atoms with van der Waals surface area (Å²) in [5.41, 5.74) is 5.97. The van der Waals surface area contributed by atoms with Gasteiger partial charge in [0.05, 0.1) is 0 Å². The molecule has 0 aliphatic heterocycles. The summed E-state index contributed by atoms with van der Waals surface area (Å²) in [6.45, 7) is 6.39. The molecule has 0 spiro atoms. The largest absolute Gasteiger partial charge is 0.348 e. The molecule has 1 heterocycles. The molecule has 0 aliphatic carbocycles. The van der Waals surface area contributed by atoms with E-state index in [1.54, 1.807) is 36.7 Å². The van der Waals surface area contributed by atoms with E-state index >= 15 is 0 Å². The van der Waals surface area contributed by atoms with Crippen molar-refractivity contribution in [2.75, 3.05) is 5.32 Å². The Hall–Kier alpha value is -3.47. The van der Waals surface area contributed by atoms with Gasteiger partial charge >= 0.3 is 0 Å². The molecular weight excluding hydrogens is 350 g/mol. The molecule has 0 saturated heterocycles. The van der Waals surface area contributed by atoms with E-state index in [4.69, 9.17) is 0 Å². The summed E-state index contributed by atoms with van der Waals surface area (Å²) in [4.78, 5) is 28.9. The van der Waals surface area contributed by atoms with Crippen LogP contribution in [-0.2, 0) is 6.54 Å². The Morgan fingerprint density at radius 3 is 2.07 bits per heavy atom. The number of hydrogen-bond acceptors (Lipinski definition) is 3. The van der Waals surface area contributed by atoms with Gasteiger partial charge in [0.2, 0.25) is 0 Å². The van der Waals surface area contributed by atoms with E-state index in [0.29, 0.717) is 17.7 Å². The molecular formula is C23H23N3O2. The van der Waals surface area contributed by atoms with Crippen LogP contribution >= 0.6 is 0 Å². The minimum Gasteiger partial charge on any atom is -0.348 e. The number of nitrogens with zero attached hydrogens (tertiary/aromatic N) is 1. The van der Waals surface area contributed by atoms with Gasteiger partial charge in [-0.25, -0.2) is 0 Å². The standard InChI is InChI=1S/C23H23N3O2/c1-15-11-16(2)21(17(3)12-15)26-23(28)20-8-6-19(7-9-20)22(27)25-14-18-5-4-10-24-13-18/h4-13H,14H2,1-3H3,(H,25,27)(H,26,28).